The summed E-state index contributed by atoms with van der Waals surface area (Å²) >= 11 is 5.98. The van der Waals surface area contributed by atoms with Gasteiger partial charge in [-0.15, -0.1) is 0 Å². The first-order chi connectivity index (χ1) is 60.8. The fraction of sp³-hybridized carbons (Fsp3) is 0.364. The van der Waals surface area contributed by atoms with Gasteiger partial charge in [-0.1, -0.05) is 90.5 Å². The number of carbonyl (C=O) groups excluding carboxylic acids is 4. The topological polar surface area (TPSA) is 621 Å². The first-order valence-electron chi connectivity index (χ1n) is 39.0. The highest BCUT2D eigenvalue weighted by atomic mass is 35.5. The summed E-state index contributed by atoms with van der Waals surface area (Å²) in [5.41, 5.74) is 25.7. The molecule has 684 valence electrons. The van der Waals surface area contributed by atoms with Crippen LogP contribution in [-0.2, 0) is 127 Å². The van der Waals surface area contributed by atoms with Crippen molar-refractivity contribution in [3.05, 3.63) is 214 Å². The van der Waals surface area contributed by atoms with Crippen molar-refractivity contribution < 1.29 is 78.9 Å². The second-order valence-electron chi connectivity index (χ2n) is 28.6. The average molecular weight is 1870 g/mol. The number of nitrogens with zero attached hydrogens (tertiary/aromatic N) is 13. The molecule has 0 spiro atoms. The molecule has 4 aromatic carbocycles. The van der Waals surface area contributed by atoms with E-state index in [9.17, 15) is 61.0 Å². The average Bonchev–Trinajstić information content (AvgIpc) is 1.67. The number of aromatic nitrogens is 16. The summed E-state index contributed by atoms with van der Waals surface area (Å²) in [6.07, 6.45) is 4.64. The molecule has 128 heavy (non-hydrogen) atoms. The smallest absolute Gasteiger partial charge is 0.295 e. The molecular weight excluding hydrogens is 1770 g/mol. The molecule has 0 aliphatic heterocycles. The van der Waals surface area contributed by atoms with E-state index >= 15 is 0 Å². The monoisotopic (exact) mass is 1870 g/mol. The third kappa shape index (κ3) is 30.2. The van der Waals surface area contributed by atoms with Crippen molar-refractivity contribution in [3.63, 3.8) is 0 Å². The molecule has 0 amide bonds. The lowest BCUT2D eigenvalue weighted by Crippen LogP contribution is -2.32. The maximum Gasteiger partial charge on any atom is 0.295 e. The number of anilines is 4. The summed E-state index contributed by atoms with van der Waals surface area (Å²) in [6.45, 7) is 20.5. The molecule has 12 rings (SSSR count). The highest BCUT2D eigenvalue weighted by molar-refractivity contribution is 7.57. The second kappa shape index (κ2) is 46.9. The van der Waals surface area contributed by atoms with Gasteiger partial charge in [0.2, 0.25) is 23.8 Å². The van der Waals surface area contributed by atoms with E-state index in [1.54, 1.807) is 101 Å². The van der Waals surface area contributed by atoms with Gasteiger partial charge in [-0.2, -0.15) is 19.9 Å². The number of hydrogen-bond acceptors (Lipinski definition) is 32. The Morgan fingerprint density at radius 3 is 0.977 bits per heavy atom. The van der Waals surface area contributed by atoms with Gasteiger partial charge < -0.3 is 78.2 Å². The van der Waals surface area contributed by atoms with Crippen LogP contribution in [0.4, 0.5) is 33.9 Å². The zero-order chi connectivity index (χ0) is 93.0. The van der Waals surface area contributed by atoms with Gasteiger partial charge >= 0.3 is 0 Å². The van der Waals surface area contributed by atoms with E-state index in [1.165, 1.54) is 71.2 Å². The number of imidazole rings is 4. The van der Waals surface area contributed by atoms with Crippen molar-refractivity contribution in [1.82, 2.24) is 98.4 Å². The Balaban J connectivity index is 0.000000193. The predicted octanol–water partition coefficient (Wildman–Crippen LogP) is 7.95. The minimum absolute atomic E-state index is 0.00861. The van der Waals surface area contributed by atoms with Gasteiger partial charge in [0, 0.05) is 31.2 Å². The molecule has 0 fully saturated rings. The molecular formula is C77H97ClFN25O20P4. The van der Waals surface area contributed by atoms with Gasteiger partial charge in [-0.05, 0) is 102 Å². The third-order valence-electron chi connectivity index (χ3n) is 18.4. The molecule has 8 heterocycles. The lowest BCUT2D eigenvalue weighted by Gasteiger charge is -2.22. The highest BCUT2D eigenvalue weighted by Gasteiger charge is 2.33. The van der Waals surface area contributed by atoms with Crippen LogP contribution in [0.15, 0.2) is 148 Å². The van der Waals surface area contributed by atoms with Crippen molar-refractivity contribution in [2.45, 2.75) is 132 Å². The lowest BCUT2D eigenvalue weighted by atomic mass is 10.2. The quantitative estimate of drug-likeness (QED) is 0.00978. The van der Waals surface area contributed by atoms with E-state index < -0.39 is 82.3 Å². The van der Waals surface area contributed by atoms with Crippen LogP contribution in [-0.4, -0.2) is 177 Å². The van der Waals surface area contributed by atoms with Crippen LogP contribution in [0.1, 0.15) is 77.6 Å². The number of ether oxygens (including phenoxy) is 4. The number of hydrogen-bond donors (Lipinski definition) is 12. The molecule has 16 N–H and O–H groups in total. The number of nitrogens with two attached hydrogens (primary N) is 4. The Morgan fingerprint density at radius 1 is 0.422 bits per heavy atom. The van der Waals surface area contributed by atoms with Crippen molar-refractivity contribution in [3.8, 4) is 0 Å². The minimum Gasteiger partial charge on any atom is -0.369 e. The van der Waals surface area contributed by atoms with Crippen LogP contribution in [0.3, 0.4) is 0 Å². The summed E-state index contributed by atoms with van der Waals surface area (Å²) in [5, 5.41) is 11.5. The number of ketones is 4. The van der Waals surface area contributed by atoms with Crippen molar-refractivity contribution in [2.75, 3.05) is 74.8 Å². The predicted molar refractivity (Wildman–Crippen MR) is 473 cm³/mol. The second-order valence-corrected chi connectivity index (χ2v) is 37.5. The molecule has 0 radical (unpaired) electrons. The Hall–Kier alpha value is -11.7. The highest BCUT2D eigenvalue weighted by Crippen LogP contribution is 2.47. The van der Waals surface area contributed by atoms with E-state index in [1.807, 2.05) is 30.3 Å². The van der Waals surface area contributed by atoms with Crippen molar-refractivity contribution in [2.24, 2.45) is 0 Å². The maximum absolute atomic E-state index is 13.4. The van der Waals surface area contributed by atoms with Crippen molar-refractivity contribution in [1.29, 1.82) is 0 Å². The Labute approximate surface area is 733 Å². The number of H-pyrrole nitrogens is 4. The third-order valence-corrected chi connectivity index (χ3v) is 26.0. The van der Waals surface area contributed by atoms with Crippen LogP contribution in [0, 0.1) is 12.4 Å². The number of carbonyl (C=O) groups is 4. The molecule has 0 aliphatic carbocycles. The SMILES string of the molecule is CC(=O)[C@H](C)NP(=O)(COCCn1cnc2c(=O)[nH]c(N)nc21)OCc1cccc(Cl)c1.CC(=O)[C@H](C)NP(=O)(COCCn1cnc2c(=O)[nH]c(N)nc21)OCc1cccc(F)c1.CC(=O)[C@H](C)NP(=O)(COCCn1cnc2c(=O)[nH]c(N)nc21)OCc1ccccc1.[C-]#[N+]c1ccc(COP(=O)(COCCn2cnc3c(=O)[nH]c(N)nc32)NC(C)C(C)=O)cc1. The first-order valence-corrected chi connectivity index (χ1v) is 46.6. The summed E-state index contributed by atoms with van der Waals surface area (Å²) in [5.74, 6) is -1.31. The lowest BCUT2D eigenvalue weighted by molar-refractivity contribution is -0.119. The van der Waals surface area contributed by atoms with E-state index in [0.29, 0.717) is 45.4 Å². The van der Waals surface area contributed by atoms with Gasteiger partial charge in [0.1, 0.15) is 54.3 Å². The summed E-state index contributed by atoms with van der Waals surface area (Å²) in [6, 6.07) is 25.9. The van der Waals surface area contributed by atoms with Crippen LogP contribution in [0.5, 0.6) is 0 Å². The fourth-order valence-electron chi connectivity index (χ4n) is 11.1. The normalized spacial score (nSPS) is 14.3. The van der Waals surface area contributed by atoms with E-state index in [2.05, 4.69) is 85.0 Å². The molecule has 0 bridgehead atoms. The largest absolute Gasteiger partial charge is 0.369 e. The number of benzene rings is 4. The first kappa shape index (κ1) is 100. The number of rotatable bonds is 44. The number of aromatic amines is 4. The van der Waals surface area contributed by atoms with Gasteiger partial charge in [-0.3, -0.25) is 76.6 Å². The zero-order valence-electron chi connectivity index (χ0n) is 70.6. The molecule has 0 saturated heterocycles. The summed E-state index contributed by atoms with van der Waals surface area (Å²) in [7, 11) is -14.2. The van der Waals surface area contributed by atoms with E-state index in [0.717, 1.165) is 16.7 Å². The molecule has 12 aromatic rings. The zero-order valence-corrected chi connectivity index (χ0v) is 74.9. The number of nitrogen functional groups attached to an aromatic ring is 4. The van der Waals surface area contributed by atoms with Crippen LogP contribution in [0.25, 0.3) is 49.5 Å². The summed E-state index contributed by atoms with van der Waals surface area (Å²) < 4.78 is 118. The van der Waals surface area contributed by atoms with E-state index in [-0.39, 0.29) is 167 Å². The van der Waals surface area contributed by atoms with Gasteiger partial charge in [0.15, 0.2) is 50.3 Å². The van der Waals surface area contributed by atoms with E-state index in [4.69, 9.17) is 78.2 Å². The Kier molecular flexibility index (Phi) is 36.6. The Morgan fingerprint density at radius 2 is 0.695 bits per heavy atom. The van der Waals surface area contributed by atoms with Gasteiger partial charge in [0.05, 0.1) is 109 Å². The fourth-order valence-corrected chi connectivity index (χ4v) is 18.2. The molecule has 0 aliphatic rings. The molecule has 0 saturated carbocycles. The number of halogens is 2. The summed E-state index contributed by atoms with van der Waals surface area (Å²) in [4.78, 5) is 139. The van der Waals surface area contributed by atoms with Crippen LogP contribution in [0.2, 0.25) is 5.02 Å². The standard InChI is InChI=1S/C20H24N7O5P.C19H24ClN6O5P.C19H24FN6O5P.C19H25N6O5P/c1-13(14(2)28)26-33(30,32-10-15-4-6-16(22-3)7-5-15)12-31-9-8-27-11-23-17-18(27)24-20(21)25-19(17)29;2*1-12(13(2)27)25-32(29,31-9-14-4-3-5-15(20)8-14)11-30-7-6-26-10-22-16-17(26)23-19(21)24-18(16)28;1-13(14(2)26)24-31(28,30-10-15-6-4-3-5-7-15)12-29-9-8-25-11-21-16-17(25)22-19(20)23-18(16)27/h4-7,11,13H,8-10,12H2,1-2H3,(H,26,30)(H3,21,24,25,29);2*3-5,8,10,12H,6-7,9,11H2,1-2H3,(H,25,29)(H3,21,23,24,28);3-7,11,13H,8-10,12H2,1-2H3,(H,24,28)(H3,20,22,23,27)/t;2*12-,32?;13-,31?/m.000/s1. The molecule has 45 nitrogen and oxygen atoms in total. The van der Waals surface area contributed by atoms with Crippen molar-refractivity contribution >= 4 is 139 Å². The van der Waals surface area contributed by atoms with Gasteiger partial charge in [-0.25, -0.2) is 49.5 Å². The maximum atomic E-state index is 13.4. The van der Waals surface area contributed by atoms with Gasteiger partial charge in [0.25, 0.3) is 52.3 Å². The minimum atomic E-state index is -3.61. The molecule has 51 heteroatoms. The molecule has 8 aromatic heterocycles. The van der Waals surface area contributed by atoms with Crippen LogP contribution < -0.4 is 65.5 Å². The number of Topliss-reactive ketones (excluding diaryl/α,β-unsaturated/α-hetero) is 4. The molecule has 8 atom stereocenters. The Bertz CT molecular complexity index is 6180. The molecule has 5 unspecified atom stereocenters. The number of fused-ring (bicyclic) bond motifs is 4. The van der Waals surface area contributed by atoms with Crippen LogP contribution >= 0.6 is 41.7 Å². The number of nitrogens with one attached hydrogen (secondary N) is 8.